The highest BCUT2D eigenvalue weighted by Crippen LogP contribution is 2.10. The molecule has 0 atom stereocenters. The molecule has 0 aliphatic carbocycles. The zero-order chi connectivity index (χ0) is 13.1. The second-order valence-corrected chi connectivity index (χ2v) is 4.38. The average Bonchev–Trinajstić information content (AvgIpc) is 2.14. The number of ether oxygens (including phenoxy) is 1. The van der Waals surface area contributed by atoms with Gasteiger partial charge in [-0.2, -0.15) is 0 Å². The van der Waals surface area contributed by atoms with E-state index in [2.05, 4.69) is 10.3 Å². The number of nitrogens with one attached hydrogen (secondary N) is 2. The summed E-state index contributed by atoms with van der Waals surface area (Å²) in [6, 6.07) is 1.20. The van der Waals surface area contributed by atoms with Crippen molar-refractivity contribution in [3.05, 3.63) is 28.0 Å². The first-order valence-corrected chi connectivity index (χ1v) is 5.00. The molecule has 0 fully saturated rings. The van der Waals surface area contributed by atoms with Gasteiger partial charge >= 0.3 is 6.09 Å². The fourth-order valence-corrected chi connectivity index (χ4v) is 1.12. The summed E-state index contributed by atoms with van der Waals surface area (Å²) in [5.74, 6) is 0.0294. The lowest BCUT2D eigenvalue weighted by molar-refractivity contribution is 0.0635. The number of hydrogen-bond acceptors (Lipinski definition) is 4. The van der Waals surface area contributed by atoms with Crippen molar-refractivity contribution in [3.63, 3.8) is 0 Å². The topological polar surface area (TPSA) is 88.3 Å². The van der Waals surface area contributed by atoms with Crippen molar-refractivity contribution in [1.82, 2.24) is 4.98 Å². The fourth-order valence-electron chi connectivity index (χ4n) is 1.12. The number of carbonyl (C=O) groups is 2. The highest BCUT2D eigenvalue weighted by molar-refractivity contribution is 5.91. The number of rotatable bonds is 2. The molecule has 0 spiro atoms. The number of aromatic amines is 1. The van der Waals surface area contributed by atoms with Crippen molar-refractivity contribution in [2.24, 2.45) is 0 Å². The molecule has 0 aliphatic rings. The summed E-state index contributed by atoms with van der Waals surface area (Å²) in [5, 5.41) is 2.31. The molecule has 1 aromatic heterocycles. The van der Waals surface area contributed by atoms with Gasteiger partial charge in [0.2, 0.25) is 0 Å². The molecule has 0 saturated heterocycles. The van der Waals surface area contributed by atoms with E-state index in [1.54, 1.807) is 20.8 Å². The standard InChI is InChI=1S/C11H14N2O4/c1-11(2,3)17-10(16)13-9-7(6-14)8(15)4-5-12-9/h4-6H,1-3H3,(H2,12,13,15,16). The molecule has 0 bridgehead atoms. The number of pyridine rings is 1. The van der Waals surface area contributed by atoms with Gasteiger partial charge in [0.1, 0.15) is 17.0 Å². The molecule has 1 amide bonds. The Morgan fingerprint density at radius 3 is 2.65 bits per heavy atom. The van der Waals surface area contributed by atoms with Crippen LogP contribution in [0.25, 0.3) is 0 Å². The number of hydrogen-bond donors (Lipinski definition) is 2. The minimum absolute atomic E-state index is 0.0294. The smallest absolute Gasteiger partial charge is 0.413 e. The van der Waals surface area contributed by atoms with Crippen LogP contribution >= 0.6 is 0 Å². The third-order valence-electron chi connectivity index (χ3n) is 1.74. The van der Waals surface area contributed by atoms with Crippen LogP contribution in [0.5, 0.6) is 0 Å². The van der Waals surface area contributed by atoms with Crippen LogP contribution in [0.2, 0.25) is 0 Å². The van der Waals surface area contributed by atoms with E-state index in [9.17, 15) is 14.4 Å². The van der Waals surface area contributed by atoms with E-state index in [1.807, 2.05) is 0 Å². The Morgan fingerprint density at radius 2 is 2.12 bits per heavy atom. The van der Waals surface area contributed by atoms with E-state index >= 15 is 0 Å². The maximum absolute atomic E-state index is 11.4. The minimum Gasteiger partial charge on any atom is -0.444 e. The first kappa shape index (κ1) is 13.0. The Labute approximate surface area is 98.0 Å². The van der Waals surface area contributed by atoms with Gasteiger partial charge in [0.25, 0.3) is 0 Å². The largest absolute Gasteiger partial charge is 0.444 e. The monoisotopic (exact) mass is 238 g/mol. The van der Waals surface area contributed by atoms with Gasteiger partial charge in [-0.3, -0.25) is 14.9 Å². The summed E-state index contributed by atoms with van der Waals surface area (Å²) >= 11 is 0. The van der Waals surface area contributed by atoms with Gasteiger partial charge < -0.3 is 9.72 Å². The molecule has 92 valence electrons. The number of aromatic nitrogens is 1. The summed E-state index contributed by atoms with van der Waals surface area (Å²) in [6.45, 7) is 5.13. The van der Waals surface area contributed by atoms with Crippen LogP contribution in [0.3, 0.4) is 0 Å². The lowest BCUT2D eigenvalue weighted by Gasteiger charge is -2.19. The summed E-state index contributed by atoms with van der Waals surface area (Å²) in [5.41, 5.74) is -1.26. The predicted octanol–water partition coefficient (Wildman–Crippen LogP) is 1.53. The quantitative estimate of drug-likeness (QED) is 0.765. The Balaban J connectivity index is 2.89. The van der Waals surface area contributed by atoms with E-state index in [0.29, 0.717) is 6.29 Å². The molecule has 6 nitrogen and oxygen atoms in total. The Bertz CT molecular complexity index is 485. The summed E-state index contributed by atoms with van der Waals surface area (Å²) in [7, 11) is 0. The number of amides is 1. The van der Waals surface area contributed by atoms with Crippen molar-refractivity contribution in [3.8, 4) is 0 Å². The van der Waals surface area contributed by atoms with Gasteiger partial charge in [-0.1, -0.05) is 0 Å². The van der Waals surface area contributed by atoms with Gasteiger partial charge in [-0.15, -0.1) is 0 Å². The third-order valence-corrected chi connectivity index (χ3v) is 1.74. The van der Waals surface area contributed by atoms with E-state index in [0.717, 1.165) is 0 Å². The summed E-state index contributed by atoms with van der Waals surface area (Å²) < 4.78 is 4.99. The van der Waals surface area contributed by atoms with Crippen molar-refractivity contribution in [2.45, 2.75) is 26.4 Å². The van der Waals surface area contributed by atoms with E-state index in [4.69, 9.17) is 4.74 Å². The van der Waals surface area contributed by atoms with Crippen LogP contribution in [0.4, 0.5) is 10.6 Å². The molecule has 1 aromatic rings. The zero-order valence-corrected chi connectivity index (χ0v) is 9.87. The predicted molar refractivity (Wildman–Crippen MR) is 62.3 cm³/mol. The van der Waals surface area contributed by atoms with Gasteiger partial charge in [0, 0.05) is 12.3 Å². The van der Waals surface area contributed by atoms with Crippen LogP contribution in [-0.4, -0.2) is 23.0 Å². The molecule has 0 saturated carbocycles. The maximum atomic E-state index is 11.4. The van der Waals surface area contributed by atoms with Crippen molar-refractivity contribution in [2.75, 3.05) is 5.32 Å². The lowest BCUT2D eigenvalue weighted by atomic mass is 10.2. The molecule has 1 heterocycles. The van der Waals surface area contributed by atoms with Crippen LogP contribution < -0.4 is 10.7 Å². The van der Waals surface area contributed by atoms with Crippen LogP contribution in [-0.2, 0) is 4.74 Å². The van der Waals surface area contributed by atoms with E-state index in [1.165, 1.54) is 12.3 Å². The zero-order valence-electron chi connectivity index (χ0n) is 9.87. The first-order chi connectivity index (χ1) is 7.83. The van der Waals surface area contributed by atoms with Crippen molar-refractivity contribution in [1.29, 1.82) is 0 Å². The van der Waals surface area contributed by atoms with Gasteiger partial charge in [-0.05, 0) is 20.8 Å². The highest BCUT2D eigenvalue weighted by atomic mass is 16.6. The molecule has 2 N–H and O–H groups in total. The molecule has 6 heteroatoms. The second-order valence-electron chi connectivity index (χ2n) is 4.38. The molecule has 1 rings (SSSR count). The van der Waals surface area contributed by atoms with Crippen molar-refractivity contribution < 1.29 is 14.3 Å². The van der Waals surface area contributed by atoms with Crippen LogP contribution in [0.1, 0.15) is 31.1 Å². The first-order valence-electron chi connectivity index (χ1n) is 5.00. The lowest BCUT2D eigenvalue weighted by Crippen LogP contribution is -2.28. The third kappa shape index (κ3) is 3.75. The van der Waals surface area contributed by atoms with E-state index in [-0.39, 0.29) is 11.4 Å². The second kappa shape index (κ2) is 4.82. The molecule has 17 heavy (non-hydrogen) atoms. The molecule has 0 radical (unpaired) electrons. The molecule has 0 aliphatic heterocycles. The molecular formula is C11H14N2O4. The fraction of sp³-hybridized carbons (Fsp3) is 0.364. The summed E-state index contributed by atoms with van der Waals surface area (Å²) in [4.78, 5) is 36.0. The Kier molecular flexibility index (Phi) is 3.67. The minimum atomic E-state index is -0.734. The molecule has 0 aromatic carbocycles. The van der Waals surface area contributed by atoms with Crippen LogP contribution in [0, 0.1) is 0 Å². The Hall–Kier alpha value is -2.11. The Morgan fingerprint density at radius 1 is 1.47 bits per heavy atom. The summed E-state index contributed by atoms with van der Waals surface area (Å²) in [6.07, 6.45) is 0.982. The number of anilines is 1. The number of aldehydes is 1. The average molecular weight is 238 g/mol. The van der Waals surface area contributed by atoms with E-state index < -0.39 is 17.1 Å². The highest BCUT2D eigenvalue weighted by Gasteiger charge is 2.17. The van der Waals surface area contributed by atoms with Gasteiger partial charge in [0.05, 0.1) is 0 Å². The van der Waals surface area contributed by atoms with Crippen molar-refractivity contribution >= 4 is 18.2 Å². The van der Waals surface area contributed by atoms with Crippen LogP contribution in [0.15, 0.2) is 17.1 Å². The SMILES string of the molecule is CC(C)(C)OC(=O)Nc1[nH]ccc(=O)c1C=O. The maximum Gasteiger partial charge on any atom is 0.413 e. The normalized spacial score (nSPS) is 10.8. The number of H-pyrrole nitrogens is 1. The van der Waals surface area contributed by atoms with Gasteiger partial charge in [0.15, 0.2) is 11.7 Å². The van der Waals surface area contributed by atoms with Gasteiger partial charge in [-0.25, -0.2) is 4.79 Å². The molecule has 0 unspecified atom stereocenters. The molecular weight excluding hydrogens is 224 g/mol. The number of carbonyl (C=O) groups excluding carboxylic acids is 2.